The van der Waals surface area contributed by atoms with Gasteiger partial charge in [0, 0.05) is 12.6 Å². The van der Waals surface area contributed by atoms with E-state index < -0.39 is 0 Å². The van der Waals surface area contributed by atoms with Gasteiger partial charge in [-0.1, -0.05) is 0 Å². The third-order valence-corrected chi connectivity index (χ3v) is 2.68. The van der Waals surface area contributed by atoms with Crippen LogP contribution in [0.2, 0.25) is 0 Å². The molecule has 0 radical (unpaired) electrons. The molecule has 1 atom stereocenters. The lowest BCUT2D eigenvalue weighted by molar-refractivity contribution is -0.127. The molecule has 0 aromatic heterocycles. The summed E-state index contributed by atoms with van der Waals surface area (Å²) in [6.45, 7) is 4.15. The Labute approximate surface area is 61.9 Å². The van der Waals surface area contributed by atoms with Crippen molar-refractivity contribution in [2.45, 2.75) is 37.8 Å². The molecule has 0 aromatic carbocycles. The molecule has 0 bridgehead atoms. The van der Waals surface area contributed by atoms with E-state index in [-0.39, 0.29) is 5.60 Å². The van der Waals surface area contributed by atoms with Gasteiger partial charge in [-0.25, -0.2) is 0 Å². The van der Waals surface area contributed by atoms with E-state index in [0.717, 1.165) is 13.2 Å². The zero-order valence-electron chi connectivity index (χ0n) is 6.52. The molecule has 0 amide bonds. The molecule has 1 heterocycles. The average Bonchev–Trinajstić information content (AvgIpc) is 1.86. The van der Waals surface area contributed by atoms with Crippen molar-refractivity contribution in [1.29, 1.82) is 0 Å². The fourth-order valence-electron chi connectivity index (χ4n) is 1.66. The molecule has 10 heavy (non-hydrogen) atoms. The van der Waals surface area contributed by atoms with E-state index in [1.807, 2.05) is 0 Å². The van der Waals surface area contributed by atoms with Gasteiger partial charge in [-0.2, -0.15) is 0 Å². The summed E-state index contributed by atoms with van der Waals surface area (Å²) in [6.07, 6.45) is 3.90. The van der Waals surface area contributed by atoms with Crippen LogP contribution in [0.5, 0.6) is 0 Å². The van der Waals surface area contributed by atoms with Gasteiger partial charge in [0.25, 0.3) is 0 Å². The first-order valence-electron chi connectivity index (χ1n) is 4.18. The SMILES string of the molecule is C[C@@H]1COC2(CCC2)CN1. The number of rotatable bonds is 0. The van der Waals surface area contributed by atoms with Crippen molar-refractivity contribution in [3.63, 3.8) is 0 Å². The van der Waals surface area contributed by atoms with Gasteiger partial charge in [0.05, 0.1) is 12.2 Å². The number of ether oxygens (including phenoxy) is 1. The molecule has 2 aliphatic rings. The fourth-order valence-corrected chi connectivity index (χ4v) is 1.66. The predicted octanol–water partition coefficient (Wildman–Crippen LogP) is 0.917. The van der Waals surface area contributed by atoms with Gasteiger partial charge in [-0.15, -0.1) is 0 Å². The third-order valence-electron chi connectivity index (χ3n) is 2.68. The molecule has 1 N–H and O–H groups in total. The Morgan fingerprint density at radius 2 is 2.30 bits per heavy atom. The summed E-state index contributed by atoms with van der Waals surface area (Å²) in [7, 11) is 0. The molecule has 0 aromatic rings. The number of morpholine rings is 1. The van der Waals surface area contributed by atoms with Gasteiger partial charge in [-0.05, 0) is 26.2 Å². The number of hydrogen-bond acceptors (Lipinski definition) is 2. The molecular weight excluding hydrogens is 126 g/mol. The molecular formula is C8H15NO. The van der Waals surface area contributed by atoms with Crippen molar-refractivity contribution >= 4 is 0 Å². The van der Waals surface area contributed by atoms with Crippen LogP contribution in [-0.4, -0.2) is 24.8 Å². The molecule has 2 fully saturated rings. The third kappa shape index (κ3) is 0.956. The van der Waals surface area contributed by atoms with Crippen LogP contribution in [0.3, 0.4) is 0 Å². The van der Waals surface area contributed by atoms with Crippen LogP contribution in [0.15, 0.2) is 0 Å². The molecule has 1 spiro atoms. The zero-order chi connectivity index (χ0) is 7.03. The standard InChI is InChI=1S/C8H15NO/c1-7-5-10-8(6-9-7)3-2-4-8/h7,9H,2-6H2,1H3/t7-/m1/s1. The lowest BCUT2D eigenvalue weighted by Gasteiger charge is -2.46. The Morgan fingerprint density at radius 3 is 2.70 bits per heavy atom. The minimum absolute atomic E-state index is 0.270. The van der Waals surface area contributed by atoms with E-state index in [0.29, 0.717) is 6.04 Å². The Balaban J connectivity index is 1.90. The van der Waals surface area contributed by atoms with E-state index in [1.54, 1.807) is 0 Å². The summed E-state index contributed by atoms with van der Waals surface area (Å²) >= 11 is 0. The molecule has 2 rings (SSSR count). The minimum Gasteiger partial charge on any atom is -0.372 e. The molecule has 2 heteroatoms. The van der Waals surface area contributed by atoms with Gasteiger partial charge < -0.3 is 10.1 Å². The summed E-state index contributed by atoms with van der Waals surface area (Å²) in [4.78, 5) is 0. The predicted molar refractivity (Wildman–Crippen MR) is 40.0 cm³/mol. The Morgan fingerprint density at radius 1 is 1.50 bits per heavy atom. The molecule has 0 unspecified atom stereocenters. The van der Waals surface area contributed by atoms with E-state index in [9.17, 15) is 0 Å². The van der Waals surface area contributed by atoms with Gasteiger partial charge in [0.2, 0.25) is 0 Å². The van der Waals surface area contributed by atoms with Crippen molar-refractivity contribution in [1.82, 2.24) is 5.32 Å². The highest BCUT2D eigenvalue weighted by Crippen LogP contribution is 2.36. The second kappa shape index (κ2) is 2.21. The van der Waals surface area contributed by atoms with Crippen molar-refractivity contribution in [2.75, 3.05) is 13.2 Å². The summed E-state index contributed by atoms with van der Waals surface area (Å²) in [5.41, 5.74) is 0.270. The fraction of sp³-hybridized carbons (Fsp3) is 1.00. The second-order valence-corrected chi connectivity index (χ2v) is 3.63. The van der Waals surface area contributed by atoms with E-state index in [1.165, 1.54) is 19.3 Å². The maximum atomic E-state index is 5.75. The largest absolute Gasteiger partial charge is 0.372 e. The van der Waals surface area contributed by atoms with E-state index >= 15 is 0 Å². The Kier molecular flexibility index (Phi) is 1.46. The maximum Gasteiger partial charge on any atom is 0.0807 e. The first kappa shape index (κ1) is 6.62. The van der Waals surface area contributed by atoms with Crippen LogP contribution in [0.25, 0.3) is 0 Å². The van der Waals surface area contributed by atoms with Gasteiger partial charge in [0.15, 0.2) is 0 Å². The molecule has 1 saturated carbocycles. The van der Waals surface area contributed by atoms with Gasteiger partial charge in [-0.3, -0.25) is 0 Å². The normalized spacial score (nSPS) is 37.5. The van der Waals surface area contributed by atoms with Crippen LogP contribution < -0.4 is 5.32 Å². The summed E-state index contributed by atoms with van der Waals surface area (Å²) in [5.74, 6) is 0. The van der Waals surface area contributed by atoms with Crippen LogP contribution in [0.1, 0.15) is 26.2 Å². The van der Waals surface area contributed by atoms with Gasteiger partial charge in [0.1, 0.15) is 0 Å². The van der Waals surface area contributed by atoms with Gasteiger partial charge >= 0.3 is 0 Å². The Bertz CT molecular complexity index is 121. The van der Waals surface area contributed by atoms with Crippen molar-refractivity contribution in [2.24, 2.45) is 0 Å². The minimum atomic E-state index is 0.270. The number of hydrogen-bond donors (Lipinski definition) is 1. The zero-order valence-corrected chi connectivity index (χ0v) is 6.52. The molecule has 58 valence electrons. The highest BCUT2D eigenvalue weighted by molar-refractivity contribution is 4.95. The number of nitrogens with one attached hydrogen (secondary N) is 1. The first-order valence-corrected chi connectivity index (χ1v) is 4.18. The smallest absolute Gasteiger partial charge is 0.0807 e. The van der Waals surface area contributed by atoms with E-state index in [2.05, 4.69) is 12.2 Å². The van der Waals surface area contributed by atoms with Crippen LogP contribution >= 0.6 is 0 Å². The highest BCUT2D eigenvalue weighted by atomic mass is 16.5. The maximum absolute atomic E-state index is 5.75. The quantitative estimate of drug-likeness (QED) is 0.541. The van der Waals surface area contributed by atoms with Crippen LogP contribution in [0.4, 0.5) is 0 Å². The average molecular weight is 141 g/mol. The topological polar surface area (TPSA) is 21.3 Å². The lowest BCUT2D eigenvalue weighted by Crippen LogP contribution is -2.57. The highest BCUT2D eigenvalue weighted by Gasteiger charge is 2.40. The second-order valence-electron chi connectivity index (χ2n) is 3.63. The molecule has 1 aliphatic carbocycles. The summed E-state index contributed by atoms with van der Waals surface area (Å²) in [5, 5.41) is 3.45. The molecule has 1 saturated heterocycles. The van der Waals surface area contributed by atoms with Crippen LogP contribution in [-0.2, 0) is 4.74 Å². The van der Waals surface area contributed by atoms with Crippen LogP contribution in [0, 0.1) is 0 Å². The monoisotopic (exact) mass is 141 g/mol. The molecule has 1 aliphatic heterocycles. The lowest BCUT2D eigenvalue weighted by atomic mass is 9.79. The Hall–Kier alpha value is -0.0800. The summed E-state index contributed by atoms with van der Waals surface area (Å²) < 4.78 is 5.75. The van der Waals surface area contributed by atoms with Crippen molar-refractivity contribution < 1.29 is 4.74 Å². The molecule has 2 nitrogen and oxygen atoms in total. The summed E-state index contributed by atoms with van der Waals surface area (Å²) in [6, 6.07) is 0.561. The van der Waals surface area contributed by atoms with E-state index in [4.69, 9.17) is 4.74 Å². The van der Waals surface area contributed by atoms with Crippen molar-refractivity contribution in [3.05, 3.63) is 0 Å². The first-order chi connectivity index (χ1) is 4.81. The van der Waals surface area contributed by atoms with Crippen molar-refractivity contribution in [3.8, 4) is 0 Å².